The van der Waals surface area contributed by atoms with E-state index in [1.165, 1.54) is 11.3 Å². The Labute approximate surface area is 237 Å². The first-order chi connectivity index (χ1) is 18.2. The highest BCUT2D eigenvalue weighted by Gasteiger charge is 2.33. The Hall–Kier alpha value is -3.25. The smallest absolute Gasteiger partial charge is 0.344 e. The number of benzene rings is 2. The molecule has 10 heteroatoms. The van der Waals surface area contributed by atoms with Crippen LogP contribution in [0, 0.1) is 10.5 Å². The van der Waals surface area contributed by atoms with Crippen LogP contribution in [0.2, 0.25) is 0 Å². The molecular weight excluding hydrogens is 619 g/mol. The topological polar surface area (TPSA) is 96.2 Å². The maximum Gasteiger partial charge on any atom is 0.344 e. The molecule has 0 fully saturated rings. The molecule has 4 rings (SSSR count). The van der Waals surface area contributed by atoms with E-state index in [4.69, 9.17) is 14.2 Å². The SMILES string of the molecule is CCOC(=O)COc1ccc(/C=c2/sc3n(c2=O)[C@H](c2ccc(C)cc2)C(C(=O)OCC)=C(C)N=3)cc1I. The zero-order valence-electron chi connectivity index (χ0n) is 21.4. The average molecular weight is 647 g/mol. The standard InChI is InChI=1S/C28H27IN2O6S/c1-5-35-23(32)15-37-21-12-9-18(13-20(21)29)14-22-26(33)31-25(19-10-7-16(3)8-11-19)24(27(34)36-6-2)17(4)30-28(31)38-22/h7-14,25H,5-6,15H2,1-4H3/b22-14+/t25-/m1/s1. The molecule has 1 aliphatic heterocycles. The summed E-state index contributed by atoms with van der Waals surface area (Å²) in [5.41, 5.74) is 3.30. The lowest BCUT2D eigenvalue weighted by atomic mass is 9.95. The number of carbonyl (C=O) groups excluding carboxylic acids is 2. The molecule has 0 amide bonds. The Morgan fingerprint density at radius 2 is 1.79 bits per heavy atom. The molecule has 2 aromatic carbocycles. The number of allylic oxidation sites excluding steroid dienone is 1. The van der Waals surface area contributed by atoms with Gasteiger partial charge in [-0.3, -0.25) is 9.36 Å². The Morgan fingerprint density at radius 3 is 2.45 bits per heavy atom. The Kier molecular flexibility index (Phi) is 8.83. The first-order valence-electron chi connectivity index (χ1n) is 12.1. The zero-order chi connectivity index (χ0) is 27.4. The minimum atomic E-state index is -0.646. The summed E-state index contributed by atoms with van der Waals surface area (Å²) in [5, 5.41) is 0. The fourth-order valence-corrected chi connectivity index (χ4v) is 5.81. The fraction of sp³-hybridized carbons (Fsp3) is 0.286. The van der Waals surface area contributed by atoms with E-state index >= 15 is 0 Å². The molecule has 0 N–H and O–H groups in total. The molecule has 38 heavy (non-hydrogen) atoms. The largest absolute Gasteiger partial charge is 0.481 e. The molecule has 1 atom stereocenters. The van der Waals surface area contributed by atoms with E-state index in [9.17, 15) is 14.4 Å². The van der Waals surface area contributed by atoms with Gasteiger partial charge in [-0.1, -0.05) is 47.2 Å². The molecule has 0 aliphatic carbocycles. The number of carbonyl (C=O) groups is 2. The molecule has 0 bridgehead atoms. The lowest BCUT2D eigenvalue weighted by molar-refractivity contribution is -0.145. The number of thiazole rings is 1. The third-order valence-corrected chi connectivity index (χ3v) is 7.64. The van der Waals surface area contributed by atoms with Crippen molar-refractivity contribution >= 4 is 51.9 Å². The van der Waals surface area contributed by atoms with Crippen LogP contribution in [0.1, 0.15) is 43.5 Å². The van der Waals surface area contributed by atoms with Crippen molar-refractivity contribution in [2.75, 3.05) is 19.8 Å². The summed E-state index contributed by atoms with van der Waals surface area (Å²) < 4.78 is 18.6. The molecule has 2 heterocycles. The number of esters is 2. The van der Waals surface area contributed by atoms with Crippen molar-refractivity contribution < 1.29 is 23.8 Å². The summed E-state index contributed by atoms with van der Waals surface area (Å²) in [5.74, 6) is -0.373. The quantitative estimate of drug-likeness (QED) is 0.274. The monoisotopic (exact) mass is 646 g/mol. The summed E-state index contributed by atoms with van der Waals surface area (Å²) >= 11 is 3.39. The Morgan fingerprint density at radius 1 is 1.08 bits per heavy atom. The summed E-state index contributed by atoms with van der Waals surface area (Å²) in [7, 11) is 0. The van der Waals surface area contributed by atoms with E-state index < -0.39 is 18.0 Å². The van der Waals surface area contributed by atoms with Crippen molar-refractivity contribution in [2.24, 2.45) is 4.99 Å². The number of hydrogen-bond donors (Lipinski definition) is 0. The van der Waals surface area contributed by atoms with E-state index in [2.05, 4.69) is 27.6 Å². The van der Waals surface area contributed by atoms with Crippen LogP contribution < -0.4 is 19.6 Å². The van der Waals surface area contributed by atoms with Crippen LogP contribution in [0.5, 0.6) is 5.75 Å². The molecule has 0 unspecified atom stereocenters. The number of nitrogens with zero attached hydrogens (tertiary/aromatic N) is 2. The molecule has 0 saturated heterocycles. The van der Waals surface area contributed by atoms with Crippen LogP contribution in [-0.2, 0) is 19.1 Å². The second-order valence-corrected chi connectivity index (χ2v) is 10.7. The van der Waals surface area contributed by atoms with Gasteiger partial charge in [-0.2, -0.15) is 0 Å². The van der Waals surface area contributed by atoms with Gasteiger partial charge in [0.2, 0.25) is 0 Å². The van der Waals surface area contributed by atoms with Gasteiger partial charge in [0.1, 0.15) is 5.75 Å². The van der Waals surface area contributed by atoms with Crippen molar-refractivity contribution in [2.45, 2.75) is 33.7 Å². The predicted molar refractivity (Wildman–Crippen MR) is 153 cm³/mol. The van der Waals surface area contributed by atoms with Crippen molar-refractivity contribution in [1.29, 1.82) is 0 Å². The third-order valence-electron chi connectivity index (χ3n) is 5.81. The summed E-state index contributed by atoms with van der Waals surface area (Å²) in [6.45, 7) is 7.57. The second-order valence-electron chi connectivity index (χ2n) is 8.50. The highest BCUT2D eigenvalue weighted by atomic mass is 127. The molecule has 1 aromatic heterocycles. The van der Waals surface area contributed by atoms with Gasteiger partial charge in [0.25, 0.3) is 5.56 Å². The lowest BCUT2D eigenvalue weighted by Crippen LogP contribution is -2.39. The van der Waals surface area contributed by atoms with Crippen molar-refractivity contribution in [3.63, 3.8) is 0 Å². The first-order valence-corrected chi connectivity index (χ1v) is 14.0. The molecule has 8 nitrogen and oxygen atoms in total. The molecule has 3 aromatic rings. The number of aromatic nitrogens is 1. The number of fused-ring (bicyclic) bond motifs is 1. The van der Waals surface area contributed by atoms with Crippen LogP contribution in [0.3, 0.4) is 0 Å². The zero-order valence-corrected chi connectivity index (χ0v) is 24.4. The molecular formula is C28H27IN2O6S. The van der Waals surface area contributed by atoms with Gasteiger partial charge in [-0.15, -0.1) is 0 Å². The van der Waals surface area contributed by atoms with Gasteiger partial charge < -0.3 is 14.2 Å². The van der Waals surface area contributed by atoms with Crippen LogP contribution in [0.25, 0.3) is 6.08 Å². The Bertz CT molecular complexity index is 1590. The van der Waals surface area contributed by atoms with Gasteiger partial charge in [0.05, 0.1) is 38.6 Å². The fourth-order valence-electron chi connectivity index (χ4n) is 4.07. The Balaban J connectivity index is 1.76. The number of aryl methyl sites for hydroxylation is 1. The van der Waals surface area contributed by atoms with E-state index in [0.717, 1.165) is 20.3 Å². The van der Waals surface area contributed by atoms with Crippen molar-refractivity contribution in [1.82, 2.24) is 4.57 Å². The van der Waals surface area contributed by atoms with E-state index in [1.807, 2.05) is 43.3 Å². The molecule has 0 saturated carbocycles. The second kappa shape index (κ2) is 12.1. The maximum absolute atomic E-state index is 13.7. The highest BCUT2D eigenvalue weighted by molar-refractivity contribution is 14.1. The van der Waals surface area contributed by atoms with Crippen LogP contribution in [-0.4, -0.2) is 36.3 Å². The third kappa shape index (κ3) is 5.91. The summed E-state index contributed by atoms with van der Waals surface area (Å²) in [6, 6.07) is 12.5. The van der Waals surface area contributed by atoms with Gasteiger partial charge in [-0.25, -0.2) is 14.6 Å². The lowest BCUT2D eigenvalue weighted by Gasteiger charge is -2.24. The van der Waals surface area contributed by atoms with Crippen LogP contribution in [0.15, 0.2) is 63.5 Å². The summed E-state index contributed by atoms with van der Waals surface area (Å²) in [6.07, 6.45) is 1.79. The van der Waals surface area contributed by atoms with E-state index in [1.54, 1.807) is 37.5 Å². The minimum absolute atomic E-state index is 0.178. The molecule has 0 radical (unpaired) electrons. The molecule has 1 aliphatic rings. The van der Waals surface area contributed by atoms with Gasteiger partial charge in [-0.05, 0) is 79.6 Å². The minimum Gasteiger partial charge on any atom is -0.481 e. The summed E-state index contributed by atoms with van der Waals surface area (Å²) in [4.78, 5) is 43.4. The van der Waals surface area contributed by atoms with Gasteiger partial charge in [0.15, 0.2) is 11.4 Å². The number of halogens is 1. The van der Waals surface area contributed by atoms with Gasteiger partial charge >= 0.3 is 11.9 Å². The van der Waals surface area contributed by atoms with E-state index in [0.29, 0.717) is 33.0 Å². The van der Waals surface area contributed by atoms with E-state index in [-0.39, 0.29) is 18.8 Å². The average Bonchev–Trinajstić information content (AvgIpc) is 3.17. The number of rotatable bonds is 8. The normalized spacial score (nSPS) is 15.1. The molecule has 198 valence electrons. The first kappa shape index (κ1) is 27.8. The number of hydrogen-bond acceptors (Lipinski definition) is 8. The van der Waals surface area contributed by atoms with Gasteiger partial charge in [0, 0.05) is 0 Å². The predicted octanol–water partition coefficient (Wildman–Crippen LogP) is 3.65. The number of ether oxygens (including phenoxy) is 3. The van der Waals surface area contributed by atoms with Crippen molar-refractivity contribution in [3.8, 4) is 5.75 Å². The van der Waals surface area contributed by atoms with Crippen molar-refractivity contribution in [3.05, 3.63) is 93.7 Å². The van der Waals surface area contributed by atoms with Crippen LogP contribution in [0.4, 0.5) is 0 Å². The van der Waals surface area contributed by atoms with Crippen LogP contribution >= 0.6 is 33.9 Å². The maximum atomic E-state index is 13.7. The highest BCUT2D eigenvalue weighted by Crippen LogP contribution is 2.31. The molecule has 0 spiro atoms.